The van der Waals surface area contributed by atoms with E-state index in [0.29, 0.717) is 12.0 Å². The van der Waals surface area contributed by atoms with Crippen LogP contribution < -0.4 is 11.1 Å². The van der Waals surface area contributed by atoms with Crippen LogP contribution in [0.4, 0.5) is 0 Å². The van der Waals surface area contributed by atoms with Crippen LogP contribution in [0, 0.1) is 0 Å². The van der Waals surface area contributed by atoms with Crippen molar-refractivity contribution in [2.75, 3.05) is 6.54 Å². The first kappa shape index (κ1) is 13.5. The fraction of sp³-hybridized carbons (Fsp3) is 0.400. The molecule has 1 aromatic carbocycles. The number of hydrogen-bond donors (Lipinski definition) is 2. The molecular formula is C15H22N4. The highest BCUT2D eigenvalue weighted by molar-refractivity contribution is 5.80. The molecule has 3 N–H and O–H groups in total. The summed E-state index contributed by atoms with van der Waals surface area (Å²) in [5, 5.41) is 4.37. The average Bonchev–Trinajstić information content (AvgIpc) is 2.77. The molecule has 0 spiro atoms. The number of nitrogens with zero attached hydrogens (tertiary/aromatic N) is 2. The van der Waals surface area contributed by atoms with Crippen LogP contribution in [0.1, 0.15) is 20.3 Å². The summed E-state index contributed by atoms with van der Waals surface area (Å²) >= 11 is 0. The van der Waals surface area contributed by atoms with E-state index in [0.717, 1.165) is 19.5 Å². The zero-order valence-electron chi connectivity index (χ0n) is 11.6. The molecule has 0 atom stereocenters. The predicted octanol–water partition coefficient (Wildman–Crippen LogP) is 2.34. The largest absolute Gasteiger partial charge is 0.370 e. The second-order valence-corrected chi connectivity index (χ2v) is 4.99. The Kier molecular flexibility index (Phi) is 4.44. The number of aromatic nitrogens is 1. The van der Waals surface area contributed by atoms with Crippen molar-refractivity contribution >= 4 is 16.9 Å². The molecule has 0 saturated heterocycles. The highest BCUT2D eigenvalue weighted by Crippen LogP contribution is 2.15. The summed E-state index contributed by atoms with van der Waals surface area (Å²) in [5.41, 5.74) is 7.03. The number of rotatable bonds is 5. The molecule has 0 amide bonds. The van der Waals surface area contributed by atoms with Gasteiger partial charge in [0.05, 0.1) is 0 Å². The molecule has 4 nitrogen and oxygen atoms in total. The van der Waals surface area contributed by atoms with Gasteiger partial charge in [0.15, 0.2) is 5.96 Å². The van der Waals surface area contributed by atoms with Crippen LogP contribution in [0.2, 0.25) is 0 Å². The maximum Gasteiger partial charge on any atom is 0.188 e. The number of benzene rings is 1. The van der Waals surface area contributed by atoms with Gasteiger partial charge in [0.2, 0.25) is 0 Å². The molecule has 0 unspecified atom stereocenters. The summed E-state index contributed by atoms with van der Waals surface area (Å²) < 4.78 is 2.26. The number of nitrogens with two attached hydrogens (primary N) is 1. The molecule has 2 rings (SSSR count). The Hall–Kier alpha value is -1.97. The topological polar surface area (TPSA) is 55.3 Å². The monoisotopic (exact) mass is 258 g/mol. The van der Waals surface area contributed by atoms with Crippen LogP contribution >= 0.6 is 0 Å². The van der Waals surface area contributed by atoms with Gasteiger partial charge in [-0.25, -0.2) is 0 Å². The number of aliphatic imine (C=N–C) groups is 1. The lowest BCUT2D eigenvalue weighted by Gasteiger charge is -2.08. The van der Waals surface area contributed by atoms with E-state index in [2.05, 4.69) is 51.4 Å². The standard InChI is InChI=1S/C15H22N4/c1-12(2)18-15(16)17-9-5-10-19-11-8-13-6-3-4-7-14(13)19/h3-4,6-8,11-12H,5,9-10H2,1-2H3,(H3,16,17,18). The van der Waals surface area contributed by atoms with Gasteiger partial charge in [0.25, 0.3) is 0 Å². The van der Waals surface area contributed by atoms with Gasteiger partial charge in [-0.15, -0.1) is 0 Å². The maximum absolute atomic E-state index is 5.76. The number of hydrogen-bond acceptors (Lipinski definition) is 1. The zero-order chi connectivity index (χ0) is 13.7. The fourth-order valence-electron chi connectivity index (χ4n) is 2.12. The third-order valence-corrected chi connectivity index (χ3v) is 2.96. The zero-order valence-corrected chi connectivity index (χ0v) is 11.6. The van der Waals surface area contributed by atoms with Crippen LogP contribution in [0.3, 0.4) is 0 Å². The molecule has 2 aromatic rings. The molecule has 1 aromatic heterocycles. The van der Waals surface area contributed by atoms with Crippen LogP contribution in [0.25, 0.3) is 10.9 Å². The van der Waals surface area contributed by atoms with Crippen molar-refractivity contribution in [2.45, 2.75) is 32.9 Å². The minimum atomic E-state index is 0.331. The Bertz CT molecular complexity index is 554. The first-order valence-electron chi connectivity index (χ1n) is 6.77. The van der Waals surface area contributed by atoms with Crippen LogP contribution in [-0.2, 0) is 6.54 Å². The second-order valence-electron chi connectivity index (χ2n) is 4.99. The maximum atomic E-state index is 5.76. The number of aryl methyl sites for hydroxylation is 1. The van der Waals surface area contributed by atoms with Gasteiger partial charge < -0.3 is 15.6 Å². The molecule has 0 aliphatic rings. The lowest BCUT2D eigenvalue weighted by Crippen LogP contribution is -2.36. The molecule has 0 saturated carbocycles. The molecule has 0 aliphatic carbocycles. The van der Waals surface area contributed by atoms with Crippen molar-refractivity contribution in [1.82, 2.24) is 9.88 Å². The number of para-hydroxylation sites is 1. The summed E-state index contributed by atoms with van der Waals surface area (Å²) in [6, 6.07) is 10.9. The van der Waals surface area contributed by atoms with E-state index in [1.807, 2.05) is 13.8 Å². The minimum absolute atomic E-state index is 0.331. The molecule has 102 valence electrons. The van der Waals surface area contributed by atoms with Crippen LogP contribution in [0.5, 0.6) is 0 Å². The molecule has 0 radical (unpaired) electrons. The van der Waals surface area contributed by atoms with E-state index < -0.39 is 0 Å². The van der Waals surface area contributed by atoms with Gasteiger partial charge in [-0.3, -0.25) is 4.99 Å². The van der Waals surface area contributed by atoms with Gasteiger partial charge in [0, 0.05) is 30.8 Å². The molecule has 19 heavy (non-hydrogen) atoms. The summed E-state index contributed by atoms with van der Waals surface area (Å²) in [4.78, 5) is 4.31. The highest BCUT2D eigenvalue weighted by Gasteiger charge is 1.99. The van der Waals surface area contributed by atoms with Crippen molar-refractivity contribution in [3.8, 4) is 0 Å². The highest BCUT2D eigenvalue weighted by atomic mass is 15.1. The molecule has 4 heteroatoms. The molecule has 1 heterocycles. The Labute approximate surface area is 114 Å². The van der Waals surface area contributed by atoms with E-state index in [1.54, 1.807) is 0 Å². The average molecular weight is 258 g/mol. The Morgan fingerprint density at radius 1 is 1.32 bits per heavy atom. The van der Waals surface area contributed by atoms with Crippen molar-refractivity contribution in [3.63, 3.8) is 0 Å². The van der Waals surface area contributed by atoms with Gasteiger partial charge in [-0.05, 0) is 37.8 Å². The summed E-state index contributed by atoms with van der Waals surface area (Å²) in [7, 11) is 0. The summed E-state index contributed by atoms with van der Waals surface area (Å²) in [6.07, 6.45) is 3.11. The normalized spacial score (nSPS) is 12.3. The number of nitrogens with one attached hydrogen (secondary N) is 1. The van der Waals surface area contributed by atoms with E-state index in [1.165, 1.54) is 10.9 Å². The molecule has 0 aliphatic heterocycles. The van der Waals surface area contributed by atoms with Gasteiger partial charge in [-0.1, -0.05) is 18.2 Å². The van der Waals surface area contributed by atoms with E-state index in [-0.39, 0.29) is 0 Å². The number of guanidine groups is 1. The lowest BCUT2D eigenvalue weighted by molar-refractivity contribution is 0.664. The van der Waals surface area contributed by atoms with Gasteiger partial charge in [0.1, 0.15) is 0 Å². The predicted molar refractivity (Wildman–Crippen MR) is 81.3 cm³/mol. The smallest absolute Gasteiger partial charge is 0.188 e. The van der Waals surface area contributed by atoms with Crippen molar-refractivity contribution in [3.05, 3.63) is 36.5 Å². The van der Waals surface area contributed by atoms with Gasteiger partial charge >= 0.3 is 0 Å². The van der Waals surface area contributed by atoms with E-state index in [9.17, 15) is 0 Å². The summed E-state index contributed by atoms with van der Waals surface area (Å²) in [6.45, 7) is 5.81. The van der Waals surface area contributed by atoms with E-state index in [4.69, 9.17) is 5.73 Å². The van der Waals surface area contributed by atoms with E-state index >= 15 is 0 Å². The second kappa shape index (κ2) is 6.27. The first-order chi connectivity index (χ1) is 9.16. The van der Waals surface area contributed by atoms with Gasteiger partial charge in [-0.2, -0.15) is 0 Å². The SMILES string of the molecule is CC(C)NC(N)=NCCCn1ccc2ccccc21. The van der Waals surface area contributed by atoms with Crippen molar-refractivity contribution in [1.29, 1.82) is 0 Å². The molecular weight excluding hydrogens is 236 g/mol. The Morgan fingerprint density at radius 2 is 2.11 bits per heavy atom. The fourth-order valence-corrected chi connectivity index (χ4v) is 2.12. The third kappa shape index (κ3) is 3.74. The lowest BCUT2D eigenvalue weighted by atomic mass is 10.2. The summed E-state index contributed by atoms with van der Waals surface area (Å²) in [5.74, 6) is 0.535. The number of fused-ring (bicyclic) bond motifs is 1. The first-order valence-corrected chi connectivity index (χ1v) is 6.77. The van der Waals surface area contributed by atoms with Crippen LogP contribution in [0.15, 0.2) is 41.5 Å². The molecule has 0 fully saturated rings. The quantitative estimate of drug-likeness (QED) is 0.491. The third-order valence-electron chi connectivity index (χ3n) is 2.96. The van der Waals surface area contributed by atoms with Crippen molar-refractivity contribution < 1.29 is 0 Å². The molecule has 0 bridgehead atoms. The van der Waals surface area contributed by atoms with Crippen LogP contribution in [-0.4, -0.2) is 23.1 Å². The Balaban J connectivity index is 1.86. The Morgan fingerprint density at radius 3 is 2.89 bits per heavy atom. The minimum Gasteiger partial charge on any atom is -0.370 e. The van der Waals surface area contributed by atoms with Crippen molar-refractivity contribution in [2.24, 2.45) is 10.7 Å².